The molecule has 9 heteroatoms. The van der Waals surface area contributed by atoms with E-state index in [1.54, 1.807) is 0 Å². The zero-order valence-corrected chi connectivity index (χ0v) is 14.4. The summed E-state index contributed by atoms with van der Waals surface area (Å²) >= 11 is 0. The molecule has 0 radical (unpaired) electrons. The summed E-state index contributed by atoms with van der Waals surface area (Å²) in [4.78, 5) is 25.0. The van der Waals surface area contributed by atoms with Crippen LogP contribution in [0.1, 0.15) is 23.2 Å². The largest absolute Gasteiger partial charge is 0.479 e. The average Bonchev–Trinajstić information content (AvgIpc) is 3.44. The molecule has 0 bridgehead atoms. The maximum absolute atomic E-state index is 12.6. The Kier molecular flexibility index (Phi) is 5.07. The molecule has 136 valence electrons. The number of morpholine rings is 1. The van der Waals surface area contributed by atoms with Crippen LogP contribution in [-0.4, -0.2) is 62.6 Å². The predicted molar refractivity (Wildman–Crippen MR) is 87.6 cm³/mol. The number of rotatable bonds is 6. The Morgan fingerprint density at radius 2 is 2.08 bits per heavy atom. The van der Waals surface area contributed by atoms with Gasteiger partial charge in [-0.15, -0.1) is 0 Å². The number of carboxylic acid groups (broad SMARTS) is 1. The zero-order chi connectivity index (χ0) is 18.0. The molecule has 1 heterocycles. The molecule has 2 aliphatic rings. The normalized spacial score (nSPS) is 21.1. The van der Waals surface area contributed by atoms with Crippen molar-refractivity contribution in [3.05, 3.63) is 29.8 Å². The first-order valence-electron chi connectivity index (χ1n) is 8.10. The summed E-state index contributed by atoms with van der Waals surface area (Å²) < 4.78 is 32.3. The number of nitrogens with one attached hydrogen (secondary N) is 1. The third kappa shape index (κ3) is 4.36. The lowest BCUT2D eigenvalue weighted by Gasteiger charge is -2.31. The molecule has 1 unspecified atom stereocenters. The number of nitrogens with zero attached hydrogens (tertiary/aromatic N) is 1. The van der Waals surface area contributed by atoms with Gasteiger partial charge in [0.25, 0.3) is 5.91 Å². The van der Waals surface area contributed by atoms with Crippen LogP contribution < -0.4 is 4.72 Å². The van der Waals surface area contributed by atoms with Gasteiger partial charge in [-0.3, -0.25) is 4.79 Å². The number of carbonyl (C=O) groups is 2. The van der Waals surface area contributed by atoms with Crippen LogP contribution in [0.15, 0.2) is 29.2 Å². The Balaban J connectivity index is 1.73. The molecule has 1 aromatic carbocycles. The SMILES string of the molecule is O=C(O)C1CN(C(=O)c2cccc(S(=O)(=O)NCC3CC3)c2)CCO1. The van der Waals surface area contributed by atoms with E-state index in [-0.39, 0.29) is 30.2 Å². The molecular formula is C16H20N2O6S. The van der Waals surface area contributed by atoms with Crippen LogP contribution in [0.5, 0.6) is 0 Å². The van der Waals surface area contributed by atoms with Gasteiger partial charge in [-0.25, -0.2) is 17.9 Å². The first-order valence-corrected chi connectivity index (χ1v) is 9.58. The van der Waals surface area contributed by atoms with Crippen molar-refractivity contribution in [3.8, 4) is 0 Å². The second-order valence-electron chi connectivity index (χ2n) is 6.27. The molecule has 1 saturated carbocycles. The molecule has 2 N–H and O–H groups in total. The maximum atomic E-state index is 12.6. The molecule has 2 fully saturated rings. The molecule has 0 spiro atoms. The standard InChI is InChI=1S/C16H20N2O6S/c19-15(18-6-7-24-14(10-18)16(20)21)12-2-1-3-13(8-12)25(22,23)17-9-11-4-5-11/h1-3,8,11,14,17H,4-7,9-10H2,(H,20,21). The molecule has 25 heavy (non-hydrogen) atoms. The highest BCUT2D eigenvalue weighted by Gasteiger charge is 2.30. The summed E-state index contributed by atoms with van der Waals surface area (Å²) in [5.74, 6) is -1.13. The molecule has 1 aromatic rings. The van der Waals surface area contributed by atoms with Crippen molar-refractivity contribution >= 4 is 21.9 Å². The summed E-state index contributed by atoms with van der Waals surface area (Å²) in [6, 6.07) is 5.79. The van der Waals surface area contributed by atoms with Gasteiger partial charge in [-0.05, 0) is 37.0 Å². The van der Waals surface area contributed by atoms with Crippen LogP contribution in [-0.2, 0) is 19.6 Å². The zero-order valence-electron chi connectivity index (χ0n) is 13.6. The quantitative estimate of drug-likeness (QED) is 0.747. The number of hydrogen-bond acceptors (Lipinski definition) is 5. The van der Waals surface area contributed by atoms with E-state index in [2.05, 4.69) is 4.72 Å². The van der Waals surface area contributed by atoms with Crippen LogP contribution >= 0.6 is 0 Å². The summed E-state index contributed by atoms with van der Waals surface area (Å²) in [6.07, 6.45) is 0.996. The Labute approximate surface area is 145 Å². The molecule has 8 nitrogen and oxygen atoms in total. The highest BCUT2D eigenvalue weighted by molar-refractivity contribution is 7.89. The third-order valence-corrected chi connectivity index (χ3v) is 5.70. The fourth-order valence-electron chi connectivity index (χ4n) is 2.59. The van der Waals surface area contributed by atoms with Crippen molar-refractivity contribution in [1.82, 2.24) is 9.62 Å². The molecule has 1 amide bonds. The van der Waals surface area contributed by atoms with E-state index in [4.69, 9.17) is 9.84 Å². The minimum Gasteiger partial charge on any atom is -0.479 e. The maximum Gasteiger partial charge on any atom is 0.334 e. The number of carboxylic acids is 1. The Morgan fingerprint density at radius 3 is 2.76 bits per heavy atom. The van der Waals surface area contributed by atoms with Crippen molar-refractivity contribution in [3.63, 3.8) is 0 Å². The van der Waals surface area contributed by atoms with Crippen LogP contribution in [0.4, 0.5) is 0 Å². The topological polar surface area (TPSA) is 113 Å². The minimum atomic E-state index is -3.67. The second-order valence-corrected chi connectivity index (χ2v) is 8.04. The van der Waals surface area contributed by atoms with Gasteiger partial charge in [0.1, 0.15) is 0 Å². The Hall–Kier alpha value is -1.97. The lowest BCUT2D eigenvalue weighted by Crippen LogP contribution is -2.48. The van der Waals surface area contributed by atoms with E-state index in [0.717, 1.165) is 12.8 Å². The van der Waals surface area contributed by atoms with Crippen LogP contribution in [0, 0.1) is 5.92 Å². The van der Waals surface area contributed by atoms with Crippen LogP contribution in [0.3, 0.4) is 0 Å². The van der Waals surface area contributed by atoms with Gasteiger partial charge in [0.2, 0.25) is 10.0 Å². The van der Waals surface area contributed by atoms with E-state index in [1.807, 2.05) is 0 Å². The molecule has 1 aliphatic heterocycles. The van der Waals surface area contributed by atoms with Crippen LogP contribution in [0.25, 0.3) is 0 Å². The summed E-state index contributed by atoms with van der Waals surface area (Å²) in [6.45, 7) is 0.735. The van der Waals surface area contributed by atoms with Crippen molar-refractivity contribution in [2.75, 3.05) is 26.2 Å². The fourth-order valence-corrected chi connectivity index (χ4v) is 3.76. The van der Waals surface area contributed by atoms with Gasteiger partial charge < -0.3 is 14.7 Å². The molecule has 3 rings (SSSR count). The lowest BCUT2D eigenvalue weighted by molar-refractivity contribution is -0.154. The van der Waals surface area contributed by atoms with E-state index in [9.17, 15) is 18.0 Å². The Morgan fingerprint density at radius 1 is 1.32 bits per heavy atom. The highest BCUT2D eigenvalue weighted by atomic mass is 32.2. The number of carbonyl (C=O) groups excluding carboxylic acids is 1. The number of ether oxygens (including phenoxy) is 1. The van der Waals surface area contributed by atoms with Gasteiger partial charge in [0.15, 0.2) is 6.10 Å². The molecular weight excluding hydrogens is 348 g/mol. The molecule has 1 aliphatic carbocycles. The van der Waals surface area contributed by atoms with E-state index in [1.165, 1.54) is 29.2 Å². The van der Waals surface area contributed by atoms with Gasteiger partial charge in [0.05, 0.1) is 18.0 Å². The van der Waals surface area contributed by atoms with Gasteiger partial charge in [-0.1, -0.05) is 6.07 Å². The van der Waals surface area contributed by atoms with Gasteiger partial charge >= 0.3 is 5.97 Å². The Bertz CT molecular complexity index is 775. The molecule has 1 saturated heterocycles. The first-order chi connectivity index (χ1) is 11.9. The van der Waals surface area contributed by atoms with Gasteiger partial charge in [0, 0.05) is 18.7 Å². The van der Waals surface area contributed by atoms with Crippen molar-refractivity contribution in [2.45, 2.75) is 23.8 Å². The number of sulfonamides is 1. The van der Waals surface area contributed by atoms with Gasteiger partial charge in [-0.2, -0.15) is 0 Å². The van der Waals surface area contributed by atoms with Crippen LogP contribution in [0.2, 0.25) is 0 Å². The number of hydrogen-bond donors (Lipinski definition) is 2. The predicted octanol–water partition coefficient (Wildman–Crippen LogP) is 0.300. The number of benzene rings is 1. The minimum absolute atomic E-state index is 0.0297. The number of amides is 1. The average molecular weight is 368 g/mol. The number of aliphatic carboxylic acids is 1. The van der Waals surface area contributed by atoms with Crippen molar-refractivity contribution < 1.29 is 27.9 Å². The highest BCUT2D eigenvalue weighted by Crippen LogP contribution is 2.28. The monoisotopic (exact) mass is 368 g/mol. The lowest BCUT2D eigenvalue weighted by atomic mass is 10.1. The summed E-state index contributed by atoms with van der Waals surface area (Å²) in [5, 5.41) is 9.02. The van der Waals surface area contributed by atoms with E-state index < -0.39 is 28.0 Å². The summed E-state index contributed by atoms with van der Waals surface area (Å²) in [7, 11) is -3.67. The summed E-state index contributed by atoms with van der Waals surface area (Å²) in [5.41, 5.74) is 0.209. The third-order valence-electron chi connectivity index (χ3n) is 4.28. The van der Waals surface area contributed by atoms with E-state index in [0.29, 0.717) is 12.5 Å². The first kappa shape index (κ1) is 17.8. The van der Waals surface area contributed by atoms with Crippen molar-refractivity contribution in [2.24, 2.45) is 5.92 Å². The smallest absolute Gasteiger partial charge is 0.334 e. The second kappa shape index (κ2) is 7.11. The molecule has 1 atom stereocenters. The fraction of sp³-hybridized carbons (Fsp3) is 0.500. The molecule has 0 aromatic heterocycles. The van der Waals surface area contributed by atoms with E-state index >= 15 is 0 Å². The van der Waals surface area contributed by atoms with Crippen molar-refractivity contribution in [1.29, 1.82) is 0 Å².